The number of esters is 2. The summed E-state index contributed by atoms with van der Waals surface area (Å²) in [6, 6.07) is 0. The van der Waals surface area contributed by atoms with Gasteiger partial charge in [0.15, 0.2) is 0 Å². The van der Waals surface area contributed by atoms with E-state index in [1.54, 1.807) is 0 Å². The van der Waals surface area contributed by atoms with Crippen molar-refractivity contribution in [2.45, 2.75) is 168 Å². The van der Waals surface area contributed by atoms with E-state index >= 15 is 0 Å². The predicted molar refractivity (Wildman–Crippen MR) is 188 cm³/mol. The van der Waals surface area contributed by atoms with Crippen LogP contribution in [0.5, 0.6) is 0 Å². The summed E-state index contributed by atoms with van der Waals surface area (Å²) in [6.45, 7) is 6.28. The molecular formula is C39H68O6. The normalized spacial score (nSPS) is 13.6. The molecule has 2 N–H and O–H groups in total. The van der Waals surface area contributed by atoms with Crippen molar-refractivity contribution in [1.29, 1.82) is 0 Å². The molecule has 0 heterocycles. The first kappa shape index (κ1) is 42.8. The molecule has 0 aliphatic heterocycles. The van der Waals surface area contributed by atoms with Crippen LogP contribution in [0, 0.1) is 5.92 Å². The third-order valence-corrected chi connectivity index (χ3v) is 7.66. The minimum atomic E-state index is -0.994. The second-order valence-electron chi connectivity index (χ2n) is 12.6. The highest BCUT2D eigenvalue weighted by atomic mass is 16.6. The SMILES string of the molecule is CC[C@H](O)CC/C=C\C/C=C\C/C=C\C/C=C\CCCC(=O)OC[C@@H](O)COC(=O)CCCCCCCCCCCCC(C)C. The van der Waals surface area contributed by atoms with E-state index in [0.717, 1.165) is 70.1 Å². The van der Waals surface area contributed by atoms with Gasteiger partial charge in [0, 0.05) is 12.8 Å². The second-order valence-corrected chi connectivity index (χ2v) is 12.6. The third-order valence-electron chi connectivity index (χ3n) is 7.66. The van der Waals surface area contributed by atoms with E-state index in [9.17, 15) is 19.8 Å². The molecule has 0 aromatic rings. The van der Waals surface area contributed by atoms with Crippen molar-refractivity contribution in [2.24, 2.45) is 5.92 Å². The van der Waals surface area contributed by atoms with E-state index in [1.165, 1.54) is 51.4 Å². The lowest BCUT2D eigenvalue weighted by atomic mass is 10.0. The van der Waals surface area contributed by atoms with Crippen molar-refractivity contribution >= 4 is 11.9 Å². The van der Waals surface area contributed by atoms with Crippen LogP contribution in [0.1, 0.15) is 156 Å². The largest absolute Gasteiger partial charge is 0.463 e. The summed E-state index contributed by atoms with van der Waals surface area (Å²) in [7, 11) is 0. The number of carbonyl (C=O) groups is 2. The van der Waals surface area contributed by atoms with Gasteiger partial charge >= 0.3 is 11.9 Å². The highest BCUT2D eigenvalue weighted by Gasteiger charge is 2.12. The number of hydrogen-bond acceptors (Lipinski definition) is 6. The number of carbonyl (C=O) groups excluding carboxylic acids is 2. The Balaban J connectivity index is 3.58. The summed E-state index contributed by atoms with van der Waals surface area (Å²) in [4.78, 5) is 23.8. The van der Waals surface area contributed by atoms with Gasteiger partial charge in [-0.1, -0.05) is 134 Å². The van der Waals surface area contributed by atoms with Crippen molar-refractivity contribution in [3.05, 3.63) is 48.6 Å². The van der Waals surface area contributed by atoms with E-state index in [-0.39, 0.29) is 31.3 Å². The van der Waals surface area contributed by atoms with Crippen LogP contribution in [0.25, 0.3) is 0 Å². The highest BCUT2D eigenvalue weighted by Crippen LogP contribution is 2.14. The number of rotatable bonds is 31. The highest BCUT2D eigenvalue weighted by molar-refractivity contribution is 5.69. The molecule has 45 heavy (non-hydrogen) atoms. The molecule has 0 spiro atoms. The molecule has 0 aromatic heterocycles. The van der Waals surface area contributed by atoms with Gasteiger partial charge in [0.25, 0.3) is 0 Å². The van der Waals surface area contributed by atoms with Gasteiger partial charge in [-0.3, -0.25) is 9.59 Å². The van der Waals surface area contributed by atoms with Crippen LogP contribution in [-0.2, 0) is 19.1 Å². The van der Waals surface area contributed by atoms with Gasteiger partial charge in [0.2, 0.25) is 0 Å². The Hall–Kier alpha value is -2.18. The minimum absolute atomic E-state index is 0.142. The Morgan fingerprint density at radius 2 is 0.956 bits per heavy atom. The monoisotopic (exact) mass is 633 g/mol. The summed E-state index contributed by atoms with van der Waals surface area (Å²) < 4.78 is 10.2. The summed E-state index contributed by atoms with van der Waals surface area (Å²) in [5.74, 6) is 0.171. The third kappa shape index (κ3) is 34.5. The molecule has 0 amide bonds. The molecule has 260 valence electrons. The molecule has 2 atom stereocenters. The number of hydrogen-bond donors (Lipinski definition) is 2. The van der Waals surface area contributed by atoms with Gasteiger partial charge in [-0.05, 0) is 63.7 Å². The van der Waals surface area contributed by atoms with Crippen molar-refractivity contribution in [2.75, 3.05) is 13.2 Å². The molecule has 6 heteroatoms. The first-order chi connectivity index (χ1) is 21.8. The van der Waals surface area contributed by atoms with Gasteiger partial charge < -0.3 is 19.7 Å². The predicted octanol–water partition coefficient (Wildman–Crippen LogP) is 9.89. The molecule has 0 fully saturated rings. The maximum Gasteiger partial charge on any atom is 0.305 e. The average Bonchev–Trinajstić information content (AvgIpc) is 3.02. The van der Waals surface area contributed by atoms with E-state index in [0.29, 0.717) is 19.3 Å². The number of aliphatic hydroxyl groups excluding tert-OH is 2. The molecule has 0 saturated carbocycles. The van der Waals surface area contributed by atoms with Crippen molar-refractivity contribution in [3.63, 3.8) is 0 Å². The molecule has 0 aromatic carbocycles. The lowest BCUT2D eigenvalue weighted by Crippen LogP contribution is -2.25. The standard InChI is InChI=1S/C39H68O6/c1-4-36(40)30-26-22-18-14-9-7-5-6-8-10-15-19-23-27-31-38(42)44-33-37(41)34-45-39(43)32-28-24-20-16-12-11-13-17-21-25-29-35(2)3/h6-9,15,18-19,22,35-37,40-41H,4-5,10-14,16-17,20-21,23-34H2,1-3H3/b8-6-,9-7-,19-15-,22-18-/t36-,37+/m0/s1. The zero-order valence-electron chi connectivity index (χ0n) is 29.1. The zero-order chi connectivity index (χ0) is 33.2. The van der Waals surface area contributed by atoms with Crippen LogP contribution in [-0.4, -0.2) is 47.6 Å². The molecule has 0 rings (SSSR count). The Labute approximate surface area is 276 Å². The summed E-state index contributed by atoms with van der Waals surface area (Å²) >= 11 is 0. The fourth-order valence-electron chi connectivity index (χ4n) is 4.71. The topological polar surface area (TPSA) is 93.1 Å². The number of ether oxygens (including phenoxy) is 2. The fraction of sp³-hybridized carbons (Fsp3) is 0.744. The van der Waals surface area contributed by atoms with E-state index in [2.05, 4.69) is 62.5 Å². The van der Waals surface area contributed by atoms with Gasteiger partial charge in [-0.2, -0.15) is 0 Å². The first-order valence-electron chi connectivity index (χ1n) is 18.1. The number of aliphatic hydroxyl groups is 2. The Morgan fingerprint density at radius 3 is 1.44 bits per heavy atom. The summed E-state index contributed by atoms with van der Waals surface area (Å²) in [6.07, 6.45) is 36.8. The lowest BCUT2D eigenvalue weighted by molar-refractivity contribution is -0.152. The second kappa shape index (κ2) is 33.2. The zero-order valence-corrected chi connectivity index (χ0v) is 29.1. The van der Waals surface area contributed by atoms with Crippen LogP contribution in [0.3, 0.4) is 0 Å². The van der Waals surface area contributed by atoms with E-state index in [4.69, 9.17) is 9.47 Å². The minimum Gasteiger partial charge on any atom is -0.463 e. The van der Waals surface area contributed by atoms with Gasteiger partial charge in [0.1, 0.15) is 19.3 Å². The molecule has 0 aliphatic carbocycles. The van der Waals surface area contributed by atoms with Crippen LogP contribution in [0.4, 0.5) is 0 Å². The smallest absolute Gasteiger partial charge is 0.305 e. The summed E-state index contributed by atoms with van der Waals surface area (Å²) in [5, 5.41) is 19.5. The summed E-state index contributed by atoms with van der Waals surface area (Å²) in [5.41, 5.74) is 0. The fourth-order valence-corrected chi connectivity index (χ4v) is 4.71. The molecule has 0 unspecified atom stereocenters. The van der Waals surface area contributed by atoms with Crippen LogP contribution >= 0.6 is 0 Å². The molecule has 0 radical (unpaired) electrons. The van der Waals surface area contributed by atoms with Crippen molar-refractivity contribution in [1.82, 2.24) is 0 Å². The molecule has 0 saturated heterocycles. The molecule has 0 bridgehead atoms. The molecular weight excluding hydrogens is 564 g/mol. The number of unbranched alkanes of at least 4 members (excludes halogenated alkanes) is 10. The van der Waals surface area contributed by atoms with Gasteiger partial charge in [-0.25, -0.2) is 0 Å². The Morgan fingerprint density at radius 1 is 0.533 bits per heavy atom. The van der Waals surface area contributed by atoms with Crippen LogP contribution in [0.15, 0.2) is 48.6 Å². The Bertz CT molecular complexity index is 797. The van der Waals surface area contributed by atoms with E-state index < -0.39 is 6.10 Å². The average molecular weight is 633 g/mol. The van der Waals surface area contributed by atoms with Crippen molar-refractivity contribution in [3.8, 4) is 0 Å². The molecule has 6 nitrogen and oxygen atoms in total. The van der Waals surface area contributed by atoms with E-state index in [1.807, 2.05) is 6.92 Å². The lowest BCUT2D eigenvalue weighted by Gasteiger charge is -2.12. The number of allylic oxidation sites excluding steroid dienone is 8. The quantitative estimate of drug-likeness (QED) is 0.0449. The van der Waals surface area contributed by atoms with Crippen LogP contribution < -0.4 is 0 Å². The van der Waals surface area contributed by atoms with Gasteiger partial charge in [0.05, 0.1) is 6.10 Å². The maximum atomic E-state index is 11.9. The Kier molecular flexibility index (Phi) is 31.6. The van der Waals surface area contributed by atoms with Crippen molar-refractivity contribution < 1.29 is 29.3 Å². The maximum absolute atomic E-state index is 11.9. The van der Waals surface area contributed by atoms with Crippen LogP contribution in [0.2, 0.25) is 0 Å². The van der Waals surface area contributed by atoms with Gasteiger partial charge in [-0.15, -0.1) is 0 Å². The first-order valence-corrected chi connectivity index (χ1v) is 18.1. The molecule has 0 aliphatic rings.